The summed E-state index contributed by atoms with van der Waals surface area (Å²) < 4.78 is 13.5. The van der Waals surface area contributed by atoms with Gasteiger partial charge in [-0.3, -0.25) is 4.99 Å². The van der Waals surface area contributed by atoms with Gasteiger partial charge in [-0.2, -0.15) is 0 Å². The van der Waals surface area contributed by atoms with Gasteiger partial charge in [0.15, 0.2) is 5.96 Å². The van der Waals surface area contributed by atoms with E-state index >= 15 is 0 Å². The van der Waals surface area contributed by atoms with E-state index in [2.05, 4.69) is 37.3 Å². The molecule has 1 atom stereocenters. The maximum atomic E-state index is 5.68. The Morgan fingerprint density at radius 3 is 3.00 bits per heavy atom. The van der Waals surface area contributed by atoms with Gasteiger partial charge in [0, 0.05) is 39.9 Å². The Morgan fingerprint density at radius 1 is 1.33 bits per heavy atom. The quantitative estimate of drug-likeness (QED) is 0.400. The first-order valence-electron chi connectivity index (χ1n) is 9.83. The van der Waals surface area contributed by atoms with Crippen LogP contribution in [0.2, 0.25) is 0 Å². The number of aliphatic imine (C=N–C) groups is 1. The summed E-state index contributed by atoms with van der Waals surface area (Å²) in [5.41, 5.74) is 2.21. The van der Waals surface area contributed by atoms with Gasteiger partial charge in [-0.1, -0.05) is 12.1 Å². The van der Waals surface area contributed by atoms with Crippen LogP contribution < -0.4 is 10.6 Å². The maximum absolute atomic E-state index is 5.68. The van der Waals surface area contributed by atoms with Crippen molar-refractivity contribution in [3.8, 4) is 0 Å². The van der Waals surface area contributed by atoms with Gasteiger partial charge in [-0.25, -0.2) is 4.98 Å². The summed E-state index contributed by atoms with van der Waals surface area (Å²) in [6.45, 7) is 6.84. The fraction of sp³-hybridized carbons (Fsp3) is 0.600. The summed E-state index contributed by atoms with van der Waals surface area (Å²) >= 11 is 0. The number of aryl methyl sites for hydroxylation is 1. The van der Waals surface area contributed by atoms with Gasteiger partial charge < -0.3 is 24.7 Å². The zero-order valence-corrected chi connectivity index (χ0v) is 16.4. The molecule has 2 aromatic rings. The van der Waals surface area contributed by atoms with E-state index in [1.54, 1.807) is 7.05 Å². The number of fused-ring (bicyclic) bond motifs is 1. The van der Waals surface area contributed by atoms with Crippen molar-refractivity contribution in [1.82, 2.24) is 20.2 Å². The predicted octanol–water partition coefficient (Wildman–Crippen LogP) is 2.10. The van der Waals surface area contributed by atoms with E-state index in [1.165, 1.54) is 5.52 Å². The molecule has 1 aromatic carbocycles. The Balaban J connectivity index is 1.32. The number of para-hydroxylation sites is 2. The van der Waals surface area contributed by atoms with E-state index in [9.17, 15) is 0 Å². The van der Waals surface area contributed by atoms with Gasteiger partial charge in [-0.15, -0.1) is 0 Å². The highest BCUT2D eigenvalue weighted by molar-refractivity contribution is 5.79. The van der Waals surface area contributed by atoms with E-state index in [4.69, 9.17) is 9.47 Å². The molecule has 7 heteroatoms. The minimum atomic E-state index is 0.301. The molecule has 1 aliphatic rings. The number of imidazole rings is 1. The van der Waals surface area contributed by atoms with E-state index in [0.29, 0.717) is 12.7 Å². The van der Waals surface area contributed by atoms with Gasteiger partial charge in [0.2, 0.25) is 0 Å². The van der Waals surface area contributed by atoms with Crippen molar-refractivity contribution in [2.75, 3.05) is 40.0 Å². The standard InChI is InChI=1S/C20H31N5O2/c1-16-24-18-8-3-4-9-19(18)25(16)12-11-23-20(21-2)22-10-6-13-26-15-17-7-5-14-27-17/h3-4,8-9,17H,5-7,10-15H2,1-2H3,(H2,21,22,23). The third-order valence-electron chi connectivity index (χ3n) is 4.78. The van der Waals surface area contributed by atoms with Crippen LogP contribution in [-0.4, -0.2) is 61.6 Å². The number of rotatable bonds is 9. The molecule has 7 nitrogen and oxygen atoms in total. The van der Waals surface area contributed by atoms with Crippen LogP contribution in [0.4, 0.5) is 0 Å². The van der Waals surface area contributed by atoms with Crippen LogP contribution >= 0.6 is 0 Å². The van der Waals surface area contributed by atoms with Crippen LogP contribution in [0.3, 0.4) is 0 Å². The average molecular weight is 374 g/mol. The summed E-state index contributed by atoms with van der Waals surface area (Å²) in [5.74, 6) is 1.85. The van der Waals surface area contributed by atoms with Crippen LogP contribution in [0.5, 0.6) is 0 Å². The van der Waals surface area contributed by atoms with Crippen LogP contribution in [0.25, 0.3) is 11.0 Å². The highest BCUT2D eigenvalue weighted by atomic mass is 16.5. The van der Waals surface area contributed by atoms with E-state index in [0.717, 1.165) is 69.4 Å². The molecule has 0 amide bonds. The first kappa shape index (κ1) is 19.6. The third-order valence-corrected chi connectivity index (χ3v) is 4.78. The van der Waals surface area contributed by atoms with Gasteiger partial charge in [0.05, 0.1) is 23.7 Å². The van der Waals surface area contributed by atoms with Crippen molar-refractivity contribution in [1.29, 1.82) is 0 Å². The van der Waals surface area contributed by atoms with Gasteiger partial charge in [0.25, 0.3) is 0 Å². The number of benzene rings is 1. The Hall–Kier alpha value is -2.12. The van der Waals surface area contributed by atoms with Crippen molar-refractivity contribution in [2.45, 2.75) is 38.8 Å². The summed E-state index contributed by atoms with van der Waals surface area (Å²) in [7, 11) is 1.79. The number of nitrogens with one attached hydrogen (secondary N) is 2. The number of ether oxygens (including phenoxy) is 2. The molecule has 1 saturated heterocycles. The molecular weight excluding hydrogens is 342 g/mol. The van der Waals surface area contributed by atoms with Crippen LogP contribution in [0, 0.1) is 6.92 Å². The van der Waals surface area contributed by atoms with Gasteiger partial charge >= 0.3 is 0 Å². The molecule has 2 heterocycles. The van der Waals surface area contributed by atoms with Crippen molar-refractivity contribution in [3.05, 3.63) is 30.1 Å². The Kier molecular flexibility index (Phi) is 7.47. The van der Waals surface area contributed by atoms with Gasteiger partial charge in [0.1, 0.15) is 5.82 Å². The summed E-state index contributed by atoms with van der Waals surface area (Å²) in [6, 6.07) is 8.23. The molecule has 0 bridgehead atoms. The molecule has 2 N–H and O–H groups in total. The molecule has 1 aliphatic heterocycles. The van der Waals surface area contributed by atoms with Crippen molar-refractivity contribution < 1.29 is 9.47 Å². The highest BCUT2D eigenvalue weighted by Gasteiger charge is 2.14. The molecule has 0 aliphatic carbocycles. The molecule has 1 aromatic heterocycles. The lowest BCUT2D eigenvalue weighted by molar-refractivity contribution is 0.0168. The third kappa shape index (κ3) is 5.68. The maximum Gasteiger partial charge on any atom is 0.191 e. The fourth-order valence-electron chi connectivity index (χ4n) is 3.36. The molecule has 148 valence electrons. The normalized spacial score (nSPS) is 17.6. The number of nitrogens with zero attached hydrogens (tertiary/aromatic N) is 3. The molecule has 27 heavy (non-hydrogen) atoms. The van der Waals surface area contributed by atoms with Crippen molar-refractivity contribution in [3.63, 3.8) is 0 Å². The highest BCUT2D eigenvalue weighted by Crippen LogP contribution is 2.14. The van der Waals surface area contributed by atoms with E-state index < -0.39 is 0 Å². The number of guanidine groups is 1. The fourth-order valence-corrected chi connectivity index (χ4v) is 3.36. The van der Waals surface area contributed by atoms with E-state index in [1.807, 2.05) is 19.1 Å². The molecular formula is C20H31N5O2. The second-order valence-corrected chi connectivity index (χ2v) is 6.79. The molecule has 1 unspecified atom stereocenters. The lowest BCUT2D eigenvalue weighted by Crippen LogP contribution is -2.39. The molecule has 0 saturated carbocycles. The molecule has 3 rings (SSSR count). The first-order chi connectivity index (χ1) is 13.3. The number of hydrogen-bond donors (Lipinski definition) is 2. The predicted molar refractivity (Wildman–Crippen MR) is 108 cm³/mol. The van der Waals surface area contributed by atoms with Crippen molar-refractivity contribution >= 4 is 17.0 Å². The minimum Gasteiger partial charge on any atom is -0.379 e. The average Bonchev–Trinajstić information content (AvgIpc) is 3.30. The Labute approximate surface area is 161 Å². The van der Waals surface area contributed by atoms with Crippen LogP contribution in [0.1, 0.15) is 25.1 Å². The summed E-state index contributed by atoms with van der Waals surface area (Å²) in [4.78, 5) is 8.89. The molecule has 0 radical (unpaired) electrons. The zero-order chi connectivity index (χ0) is 18.9. The van der Waals surface area contributed by atoms with Crippen LogP contribution in [0.15, 0.2) is 29.3 Å². The topological polar surface area (TPSA) is 72.7 Å². The second-order valence-electron chi connectivity index (χ2n) is 6.79. The monoisotopic (exact) mass is 373 g/mol. The van der Waals surface area contributed by atoms with Crippen LogP contribution in [-0.2, 0) is 16.0 Å². The first-order valence-corrected chi connectivity index (χ1v) is 9.83. The Bertz CT molecular complexity index is 737. The summed E-state index contributed by atoms with van der Waals surface area (Å²) in [6.07, 6.45) is 3.53. The molecule has 0 spiro atoms. The second kappa shape index (κ2) is 10.3. The zero-order valence-electron chi connectivity index (χ0n) is 16.4. The lowest BCUT2D eigenvalue weighted by Gasteiger charge is -2.14. The van der Waals surface area contributed by atoms with Crippen molar-refractivity contribution in [2.24, 2.45) is 4.99 Å². The lowest BCUT2D eigenvalue weighted by atomic mass is 10.2. The minimum absolute atomic E-state index is 0.301. The largest absolute Gasteiger partial charge is 0.379 e. The number of aromatic nitrogens is 2. The number of hydrogen-bond acceptors (Lipinski definition) is 4. The smallest absolute Gasteiger partial charge is 0.191 e. The van der Waals surface area contributed by atoms with Gasteiger partial charge in [-0.05, 0) is 38.3 Å². The molecule has 1 fully saturated rings. The Morgan fingerprint density at radius 2 is 2.19 bits per heavy atom. The SMILES string of the molecule is CN=C(NCCCOCC1CCCO1)NCCn1c(C)nc2ccccc21. The van der Waals surface area contributed by atoms with E-state index in [-0.39, 0.29) is 0 Å². The summed E-state index contributed by atoms with van der Waals surface area (Å²) in [5, 5.41) is 6.70.